The van der Waals surface area contributed by atoms with E-state index in [0.29, 0.717) is 17.9 Å². The van der Waals surface area contributed by atoms with E-state index in [1.165, 1.54) is 6.42 Å². The summed E-state index contributed by atoms with van der Waals surface area (Å²) in [4.78, 5) is 17.7. The first-order valence-corrected chi connectivity index (χ1v) is 8.75. The van der Waals surface area contributed by atoms with E-state index in [1.807, 2.05) is 0 Å². The first-order valence-electron chi connectivity index (χ1n) is 8.75. The van der Waals surface area contributed by atoms with Gasteiger partial charge in [-0.3, -0.25) is 4.79 Å². The van der Waals surface area contributed by atoms with Crippen LogP contribution in [0, 0.1) is 5.92 Å². The number of nitrogens with zero attached hydrogens (tertiary/aromatic N) is 2. The number of hydrogen-bond acceptors (Lipinski definition) is 3. The lowest BCUT2D eigenvalue weighted by Gasteiger charge is -2.20. The molecule has 1 aliphatic heterocycles. The van der Waals surface area contributed by atoms with Crippen molar-refractivity contribution in [2.24, 2.45) is 10.9 Å². The third kappa shape index (κ3) is 8.79. The van der Waals surface area contributed by atoms with Crippen molar-refractivity contribution in [1.29, 1.82) is 0 Å². The molecule has 6 nitrogen and oxygen atoms in total. The molecule has 0 aromatic heterocycles. The van der Waals surface area contributed by atoms with Crippen LogP contribution < -0.4 is 10.6 Å². The molecular formula is C17H34N4O2. The highest BCUT2D eigenvalue weighted by Gasteiger charge is 2.16. The highest BCUT2D eigenvalue weighted by Crippen LogP contribution is 2.10. The van der Waals surface area contributed by atoms with Crippen LogP contribution >= 0.6 is 0 Å². The molecule has 6 heteroatoms. The zero-order valence-electron chi connectivity index (χ0n) is 15.4. The predicted molar refractivity (Wildman–Crippen MR) is 94.6 cm³/mol. The van der Waals surface area contributed by atoms with Gasteiger partial charge in [0.2, 0.25) is 5.91 Å². The molecule has 0 aliphatic carbocycles. The highest BCUT2D eigenvalue weighted by molar-refractivity contribution is 5.84. The van der Waals surface area contributed by atoms with Crippen LogP contribution in [0.1, 0.15) is 46.5 Å². The van der Waals surface area contributed by atoms with E-state index in [-0.39, 0.29) is 18.6 Å². The highest BCUT2D eigenvalue weighted by atomic mass is 16.5. The van der Waals surface area contributed by atoms with Crippen molar-refractivity contribution in [3.05, 3.63) is 0 Å². The number of amides is 1. The van der Waals surface area contributed by atoms with Gasteiger partial charge >= 0.3 is 0 Å². The molecule has 1 amide bonds. The second kappa shape index (κ2) is 10.5. The molecule has 2 atom stereocenters. The van der Waals surface area contributed by atoms with Crippen LogP contribution in [-0.2, 0) is 9.53 Å². The molecule has 0 spiro atoms. The maximum atomic E-state index is 11.7. The van der Waals surface area contributed by atoms with E-state index in [1.54, 1.807) is 19.0 Å². The second-order valence-corrected chi connectivity index (χ2v) is 6.99. The summed E-state index contributed by atoms with van der Waals surface area (Å²) in [5, 5.41) is 6.72. The number of hydrogen-bond donors (Lipinski definition) is 2. The predicted octanol–water partition coefficient (Wildman–Crippen LogP) is 1.61. The van der Waals surface area contributed by atoms with E-state index in [0.717, 1.165) is 32.4 Å². The third-order valence-corrected chi connectivity index (χ3v) is 3.95. The molecule has 1 saturated heterocycles. The fourth-order valence-electron chi connectivity index (χ4n) is 2.35. The van der Waals surface area contributed by atoms with E-state index < -0.39 is 0 Å². The third-order valence-electron chi connectivity index (χ3n) is 3.95. The summed E-state index contributed by atoms with van der Waals surface area (Å²) in [5.41, 5.74) is 0. The van der Waals surface area contributed by atoms with Crippen molar-refractivity contribution in [3.63, 3.8) is 0 Å². The molecule has 0 aromatic carbocycles. The number of carbonyl (C=O) groups is 1. The van der Waals surface area contributed by atoms with Gasteiger partial charge in [-0.15, -0.1) is 0 Å². The van der Waals surface area contributed by atoms with Crippen LogP contribution in [0.3, 0.4) is 0 Å². The lowest BCUT2D eigenvalue weighted by atomic mass is 10.0. The number of nitrogens with one attached hydrogen (secondary N) is 2. The van der Waals surface area contributed by atoms with Gasteiger partial charge in [0.25, 0.3) is 0 Å². The molecule has 1 rings (SSSR count). The number of rotatable bonds is 8. The van der Waals surface area contributed by atoms with Gasteiger partial charge in [0, 0.05) is 33.3 Å². The van der Waals surface area contributed by atoms with E-state index in [9.17, 15) is 4.79 Å². The van der Waals surface area contributed by atoms with Gasteiger partial charge in [-0.1, -0.05) is 13.8 Å². The fraction of sp³-hybridized carbons (Fsp3) is 0.882. The summed E-state index contributed by atoms with van der Waals surface area (Å²) in [5.74, 6) is 1.39. The quantitative estimate of drug-likeness (QED) is 0.525. The summed E-state index contributed by atoms with van der Waals surface area (Å²) in [6.45, 7) is 8.35. The van der Waals surface area contributed by atoms with Gasteiger partial charge in [-0.25, -0.2) is 4.99 Å². The van der Waals surface area contributed by atoms with Gasteiger partial charge in [-0.05, 0) is 38.5 Å². The Hall–Kier alpha value is -1.30. The lowest BCUT2D eigenvalue weighted by Crippen LogP contribution is -2.45. The molecule has 2 N–H and O–H groups in total. The van der Waals surface area contributed by atoms with Gasteiger partial charge in [0.05, 0.1) is 6.10 Å². The minimum absolute atomic E-state index is 0.00181. The zero-order valence-corrected chi connectivity index (χ0v) is 15.4. The Morgan fingerprint density at radius 1 is 1.30 bits per heavy atom. The summed E-state index contributed by atoms with van der Waals surface area (Å²) in [7, 11) is 3.49. The summed E-state index contributed by atoms with van der Waals surface area (Å²) >= 11 is 0. The molecular weight excluding hydrogens is 292 g/mol. The van der Waals surface area contributed by atoms with Crippen molar-refractivity contribution in [2.45, 2.75) is 58.6 Å². The molecule has 23 heavy (non-hydrogen) atoms. The molecule has 0 saturated carbocycles. The molecule has 2 unspecified atom stereocenters. The number of aliphatic imine (C=N–C) groups is 1. The molecule has 1 heterocycles. The van der Waals surface area contributed by atoms with Crippen LogP contribution in [0.2, 0.25) is 0 Å². The van der Waals surface area contributed by atoms with Crippen molar-refractivity contribution in [3.8, 4) is 0 Å². The van der Waals surface area contributed by atoms with Gasteiger partial charge in [-0.2, -0.15) is 0 Å². The zero-order chi connectivity index (χ0) is 17.2. The largest absolute Gasteiger partial charge is 0.376 e. The fourth-order valence-corrected chi connectivity index (χ4v) is 2.35. The Bertz CT molecular complexity index is 377. The van der Waals surface area contributed by atoms with E-state index in [2.05, 4.69) is 36.4 Å². The topological polar surface area (TPSA) is 66.0 Å². The SMILES string of the molecule is CC(C)CCC(C)NC(=NCC(=O)N(C)C)NCC1CCCO1. The Balaban J connectivity index is 2.51. The Morgan fingerprint density at radius 2 is 2.04 bits per heavy atom. The smallest absolute Gasteiger partial charge is 0.243 e. The number of carbonyl (C=O) groups excluding carboxylic acids is 1. The number of guanidine groups is 1. The van der Waals surface area contributed by atoms with Crippen LogP contribution in [-0.4, -0.2) is 62.7 Å². The normalized spacial score (nSPS) is 19.7. The standard InChI is InChI=1S/C17H34N4O2/c1-13(2)8-9-14(3)20-17(19-12-16(22)21(4)5)18-11-15-7-6-10-23-15/h13-15H,6-12H2,1-5H3,(H2,18,19,20). The molecule has 0 bridgehead atoms. The Morgan fingerprint density at radius 3 is 2.61 bits per heavy atom. The average molecular weight is 326 g/mol. The molecule has 1 fully saturated rings. The van der Waals surface area contributed by atoms with Crippen LogP contribution in [0.4, 0.5) is 0 Å². The van der Waals surface area contributed by atoms with Crippen molar-refractivity contribution >= 4 is 11.9 Å². The van der Waals surface area contributed by atoms with Crippen molar-refractivity contribution in [2.75, 3.05) is 33.8 Å². The van der Waals surface area contributed by atoms with E-state index in [4.69, 9.17) is 4.74 Å². The lowest BCUT2D eigenvalue weighted by molar-refractivity contribution is -0.127. The van der Waals surface area contributed by atoms with E-state index >= 15 is 0 Å². The van der Waals surface area contributed by atoms with Crippen molar-refractivity contribution < 1.29 is 9.53 Å². The monoisotopic (exact) mass is 326 g/mol. The Kier molecular flexibility index (Phi) is 8.99. The molecule has 134 valence electrons. The van der Waals surface area contributed by atoms with Crippen LogP contribution in [0.25, 0.3) is 0 Å². The van der Waals surface area contributed by atoms with Gasteiger partial charge in [0.15, 0.2) is 5.96 Å². The van der Waals surface area contributed by atoms with Crippen LogP contribution in [0.5, 0.6) is 0 Å². The minimum atomic E-state index is -0.00181. The maximum Gasteiger partial charge on any atom is 0.243 e. The summed E-state index contributed by atoms with van der Waals surface area (Å²) in [6.07, 6.45) is 4.71. The summed E-state index contributed by atoms with van der Waals surface area (Å²) in [6, 6.07) is 0.322. The summed E-state index contributed by atoms with van der Waals surface area (Å²) < 4.78 is 5.63. The first kappa shape index (κ1) is 19.7. The molecule has 0 aromatic rings. The number of ether oxygens (including phenoxy) is 1. The minimum Gasteiger partial charge on any atom is -0.376 e. The average Bonchev–Trinajstić information content (AvgIpc) is 3.00. The molecule has 0 radical (unpaired) electrons. The first-order chi connectivity index (χ1) is 10.9. The van der Waals surface area contributed by atoms with Crippen molar-refractivity contribution in [1.82, 2.24) is 15.5 Å². The van der Waals surface area contributed by atoms with Crippen LogP contribution in [0.15, 0.2) is 4.99 Å². The number of likely N-dealkylation sites (N-methyl/N-ethyl adjacent to an activating group) is 1. The molecule has 1 aliphatic rings. The van der Waals surface area contributed by atoms with Gasteiger partial charge in [0.1, 0.15) is 6.54 Å². The Labute approximate surface area is 141 Å². The van der Waals surface area contributed by atoms with Gasteiger partial charge < -0.3 is 20.3 Å². The maximum absolute atomic E-state index is 11.7. The second-order valence-electron chi connectivity index (χ2n) is 6.99.